The van der Waals surface area contributed by atoms with Gasteiger partial charge in [0.1, 0.15) is 22.8 Å². The Kier molecular flexibility index (Phi) is 8.64. The summed E-state index contributed by atoms with van der Waals surface area (Å²) in [5.41, 5.74) is 1.30. The standard InChI is InChI=1S/C25H27Cl2N3O8.ClH/c1-30(2)18-11-7-9-6-10-8-12(27)17(29-13(31)4-3-5-26)20(33)14(10)19(32)15(9)22(35)25(11,38)23(36)16(21(18)34)24(28)37;/h8-9,11,18,33-35,38H,3-7H2,1-2H3,(H2,28,37)(H,29,31);1H/t9?,11?,18-,25-;/m0./s1. The van der Waals surface area contributed by atoms with Gasteiger partial charge in [0, 0.05) is 23.8 Å². The molecule has 0 radical (unpaired) electrons. The Morgan fingerprint density at radius 1 is 1.23 bits per heavy atom. The summed E-state index contributed by atoms with van der Waals surface area (Å²) in [6.45, 7) is 0. The van der Waals surface area contributed by atoms with E-state index in [-0.39, 0.29) is 59.4 Å². The van der Waals surface area contributed by atoms with Crippen LogP contribution in [-0.2, 0) is 20.8 Å². The van der Waals surface area contributed by atoms with Crippen LogP contribution in [0.4, 0.5) is 5.69 Å². The molecular weight excluding hydrogens is 577 g/mol. The van der Waals surface area contributed by atoms with Crippen molar-refractivity contribution in [2.24, 2.45) is 17.6 Å². The summed E-state index contributed by atoms with van der Waals surface area (Å²) >= 11 is 11.9. The van der Waals surface area contributed by atoms with Gasteiger partial charge in [0.25, 0.3) is 5.91 Å². The second-order valence-corrected chi connectivity index (χ2v) is 10.7. The number of amides is 2. The molecule has 0 spiro atoms. The molecule has 0 aliphatic heterocycles. The first-order chi connectivity index (χ1) is 17.8. The van der Waals surface area contributed by atoms with E-state index in [1.807, 2.05) is 0 Å². The molecule has 2 unspecified atom stereocenters. The number of hydrogen-bond donors (Lipinski definition) is 6. The van der Waals surface area contributed by atoms with Crippen molar-refractivity contribution in [3.63, 3.8) is 0 Å². The molecule has 3 aliphatic carbocycles. The highest BCUT2D eigenvalue weighted by Crippen LogP contribution is 2.53. The number of nitrogens with one attached hydrogen (secondary N) is 1. The summed E-state index contributed by atoms with van der Waals surface area (Å²) in [4.78, 5) is 52.7. The van der Waals surface area contributed by atoms with Crippen molar-refractivity contribution in [1.82, 2.24) is 4.90 Å². The minimum atomic E-state index is -2.73. The van der Waals surface area contributed by atoms with Crippen LogP contribution in [0.15, 0.2) is 28.7 Å². The van der Waals surface area contributed by atoms with Crippen molar-refractivity contribution < 1.29 is 39.6 Å². The van der Waals surface area contributed by atoms with Crippen LogP contribution in [-0.4, -0.2) is 80.3 Å². The summed E-state index contributed by atoms with van der Waals surface area (Å²) in [5, 5.41) is 47.1. The summed E-state index contributed by atoms with van der Waals surface area (Å²) in [5.74, 6) is -7.83. The Balaban J connectivity index is 0.00000420. The molecule has 212 valence electrons. The Bertz CT molecular complexity index is 1340. The van der Waals surface area contributed by atoms with Crippen LogP contribution in [0.2, 0.25) is 5.02 Å². The number of rotatable bonds is 6. The van der Waals surface area contributed by atoms with Gasteiger partial charge in [-0.05, 0) is 50.9 Å². The number of fused-ring (bicyclic) bond motifs is 3. The number of aromatic hydroxyl groups is 1. The second-order valence-electron chi connectivity index (χ2n) is 9.92. The highest BCUT2D eigenvalue weighted by Gasteiger charge is 2.63. The number of benzene rings is 1. The number of carbonyl (C=O) groups is 4. The van der Waals surface area contributed by atoms with E-state index in [0.29, 0.717) is 12.0 Å². The lowest BCUT2D eigenvalue weighted by molar-refractivity contribution is -0.148. The third-order valence-electron chi connectivity index (χ3n) is 7.47. The Labute approximate surface area is 239 Å². The summed E-state index contributed by atoms with van der Waals surface area (Å²) in [7, 11) is 3.10. The highest BCUT2D eigenvalue weighted by molar-refractivity contribution is 6.35. The van der Waals surface area contributed by atoms with Crippen LogP contribution in [0.5, 0.6) is 5.75 Å². The van der Waals surface area contributed by atoms with Crippen LogP contribution in [0.3, 0.4) is 0 Å². The molecule has 1 aromatic rings. The van der Waals surface area contributed by atoms with E-state index in [1.165, 1.54) is 11.0 Å². The van der Waals surface area contributed by atoms with Gasteiger partial charge in [0.2, 0.25) is 11.7 Å². The predicted octanol–water partition coefficient (Wildman–Crippen LogP) is 2.15. The summed E-state index contributed by atoms with van der Waals surface area (Å²) < 4.78 is 0. The fourth-order valence-electron chi connectivity index (χ4n) is 5.82. The first-order valence-corrected chi connectivity index (χ1v) is 12.7. The molecule has 39 heavy (non-hydrogen) atoms. The quantitative estimate of drug-likeness (QED) is 0.160. The van der Waals surface area contributed by atoms with Gasteiger partial charge in [-0.1, -0.05) is 11.6 Å². The molecule has 4 rings (SSSR count). The largest absolute Gasteiger partial charge is 0.510 e. The lowest BCUT2D eigenvalue weighted by Gasteiger charge is -2.50. The first kappa shape index (κ1) is 30.7. The van der Waals surface area contributed by atoms with Crippen molar-refractivity contribution >= 4 is 64.7 Å². The van der Waals surface area contributed by atoms with Gasteiger partial charge in [0.15, 0.2) is 17.1 Å². The molecule has 2 amide bonds. The normalized spacial score (nSPS) is 26.1. The number of phenols is 1. The molecular formula is C25H28Cl3N3O8. The number of anilines is 1. The minimum Gasteiger partial charge on any atom is -0.510 e. The number of likely N-dealkylation sites (N-methyl/N-ethyl adjacent to an activating group) is 1. The monoisotopic (exact) mass is 603 g/mol. The topological polar surface area (TPSA) is 190 Å². The van der Waals surface area contributed by atoms with Crippen molar-refractivity contribution in [3.05, 3.63) is 44.9 Å². The van der Waals surface area contributed by atoms with Crippen LogP contribution in [0.25, 0.3) is 0 Å². The van der Waals surface area contributed by atoms with Crippen LogP contribution < -0.4 is 11.1 Å². The Morgan fingerprint density at radius 3 is 2.44 bits per heavy atom. The third kappa shape index (κ3) is 4.66. The number of nitrogens with zero attached hydrogens (tertiary/aromatic N) is 1. The van der Waals surface area contributed by atoms with Crippen molar-refractivity contribution in [2.75, 3.05) is 25.3 Å². The van der Waals surface area contributed by atoms with Gasteiger partial charge in [-0.15, -0.1) is 24.0 Å². The summed E-state index contributed by atoms with van der Waals surface area (Å²) in [6, 6.07) is 0.348. The van der Waals surface area contributed by atoms with Gasteiger partial charge < -0.3 is 31.5 Å². The van der Waals surface area contributed by atoms with E-state index in [9.17, 15) is 39.6 Å². The summed E-state index contributed by atoms with van der Waals surface area (Å²) in [6.07, 6.45) is 0.463. The SMILES string of the molecule is CN(C)[C@@H]1C(O)=C(C(N)=O)C(=O)[C@@]2(O)C(O)=C3C(=O)c4c(cc(Cl)c(NC(=O)CCCCl)c4O)CC3CC12.Cl. The minimum absolute atomic E-state index is 0. The number of carbonyl (C=O) groups excluding carboxylic acids is 4. The van der Waals surface area contributed by atoms with E-state index in [1.54, 1.807) is 14.1 Å². The molecule has 3 aliphatic rings. The Morgan fingerprint density at radius 2 is 1.87 bits per heavy atom. The molecule has 0 heterocycles. The van der Waals surface area contributed by atoms with Crippen LogP contribution in [0, 0.1) is 11.8 Å². The maximum absolute atomic E-state index is 13.7. The molecule has 0 aromatic heterocycles. The van der Waals surface area contributed by atoms with Gasteiger partial charge in [-0.3, -0.25) is 24.1 Å². The number of halogens is 3. The van der Waals surface area contributed by atoms with E-state index < -0.39 is 69.7 Å². The number of phenolic OH excluding ortho intramolecular Hbond substituents is 1. The molecule has 1 aromatic carbocycles. The van der Waals surface area contributed by atoms with E-state index in [4.69, 9.17) is 28.9 Å². The number of aliphatic hydroxyl groups is 3. The molecule has 7 N–H and O–H groups in total. The van der Waals surface area contributed by atoms with Crippen molar-refractivity contribution in [1.29, 1.82) is 0 Å². The van der Waals surface area contributed by atoms with Gasteiger partial charge >= 0.3 is 0 Å². The molecule has 0 saturated heterocycles. The average molecular weight is 605 g/mol. The maximum atomic E-state index is 13.7. The van der Waals surface area contributed by atoms with Crippen molar-refractivity contribution in [2.45, 2.75) is 37.3 Å². The molecule has 14 heteroatoms. The number of aliphatic hydroxyl groups excluding tert-OH is 2. The van der Waals surface area contributed by atoms with Crippen molar-refractivity contribution in [3.8, 4) is 5.75 Å². The zero-order valence-corrected chi connectivity index (χ0v) is 23.3. The van der Waals surface area contributed by atoms with Gasteiger partial charge in [-0.25, -0.2) is 0 Å². The van der Waals surface area contributed by atoms with Crippen LogP contribution in [0.1, 0.15) is 35.2 Å². The average Bonchev–Trinajstić information content (AvgIpc) is 2.82. The van der Waals surface area contributed by atoms with E-state index >= 15 is 0 Å². The highest BCUT2D eigenvalue weighted by atomic mass is 35.5. The lowest BCUT2D eigenvalue weighted by atomic mass is 9.58. The number of primary amides is 1. The van der Waals surface area contributed by atoms with Gasteiger partial charge in [-0.2, -0.15) is 0 Å². The number of nitrogens with two attached hydrogens (primary N) is 1. The third-order valence-corrected chi connectivity index (χ3v) is 8.03. The molecule has 0 bridgehead atoms. The fraction of sp³-hybridized carbons (Fsp3) is 0.440. The maximum Gasteiger partial charge on any atom is 0.255 e. The molecule has 4 atom stereocenters. The Hall–Kier alpha value is -2.83. The zero-order chi connectivity index (χ0) is 28.3. The number of allylic oxidation sites excluding steroid dienone is 1. The number of alkyl halides is 1. The number of hydrogen-bond acceptors (Lipinski definition) is 9. The van der Waals surface area contributed by atoms with E-state index in [0.717, 1.165) is 0 Å². The second kappa shape index (κ2) is 11.0. The fourth-order valence-corrected chi connectivity index (χ4v) is 6.22. The number of ketones is 2. The molecule has 0 fully saturated rings. The van der Waals surface area contributed by atoms with E-state index in [2.05, 4.69) is 5.32 Å². The van der Waals surface area contributed by atoms with Crippen LogP contribution >= 0.6 is 35.6 Å². The number of Topliss-reactive ketones (excluding diaryl/α,β-unsaturated/α-hetero) is 2. The first-order valence-electron chi connectivity index (χ1n) is 11.8. The smallest absolute Gasteiger partial charge is 0.255 e. The molecule has 11 nitrogen and oxygen atoms in total. The van der Waals surface area contributed by atoms with Gasteiger partial charge in [0.05, 0.1) is 16.6 Å². The zero-order valence-electron chi connectivity index (χ0n) is 21.0. The predicted molar refractivity (Wildman–Crippen MR) is 145 cm³/mol. The molecule has 0 saturated carbocycles. The lowest BCUT2D eigenvalue weighted by Crippen LogP contribution is -2.63.